The van der Waals surface area contributed by atoms with E-state index in [2.05, 4.69) is 12.2 Å². The minimum atomic E-state index is -0.602. The third kappa shape index (κ3) is 7.51. The van der Waals surface area contributed by atoms with E-state index >= 15 is 0 Å². The van der Waals surface area contributed by atoms with Crippen molar-refractivity contribution < 1.29 is 14.3 Å². The topological polar surface area (TPSA) is 55.4 Å². The van der Waals surface area contributed by atoms with Gasteiger partial charge in [0, 0.05) is 10.6 Å². The Bertz CT molecular complexity index is 488. The number of esters is 1. The minimum Gasteiger partial charge on any atom is -0.467 e. The molecule has 128 valence electrons. The number of hydrogen-bond donors (Lipinski definition) is 1. The first kappa shape index (κ1) is 19.5. The van der Waals surface area contributed by atoms with Crippen molar-refractivity contribution in [3.63, 3.8) is 0 Å². The van der Waals surface area contributed by atoms with E-state index in [-0.39, 0.29) is 5.91 Å². The zero-order valence-electron chi connectivity index (χ0n) is 13.9. The van der Waals surface area contributed by atoms with E-state index in [1.54, 1.807) is 24.3 Å². The fourth-order valence-corrected chi connectivity index (χ4v) is 2.49. The number of rotatable bonds is 10. The molecule has 1 N–H and O–H groups in total. The number of amides is 1. The summed E-state index contributed by atoms with van der Waals surface area (Å²) in [7, 11) is 1.34. The van der Waals surface area contributed by atoms with Gasteiger partial charge < -0.3 is 10.1 Å². The van der Waals surface area contributed by atoms with Crippen molar-refractivity contribution in [1.29, 1.82) is 0 Å². The van der Waals surface area contributed by atoms with Crippen LogP contribution in [0.2, 0.25) is 5.02 Å². The van der Waals surface area contributed by atoms with E-state index in [0.29, 0.717) is 17.0 Å². The maximum absolute atomic E-state index is 12.2. The van der Waals surface area contributed by atoms with E-state index in [9.17, 15) is 9.59 Å². The molecule has 1 rings (SSSR count). The van der Waals surface area contributed by atoms with Gasteiger partial charge in [0.05, 0.1) is 7.11 Å². The van der Waals surface area contributed by atoms with Crippen LogP contribution in [0.3, 0.4) is 0 Å². The Labute approximate surface area is 143 Å². The van der Waals surface area contributed by atoms with Gasteiger partial charge in [0.15, 0.2) is 0 Å². The van der Waals surface area contributed by atoms with Crippen molar-refractivity contribution in [2.75, 3.05) is 7.11 Å². The summed E-state index contributed by atoms with van der Waals surface area (Å²) in [6.07, 6.45) is 7.38. The molecule has 4 nitrogen and oxygen atoms in total. The van der Waals surface area contributed by atoms with Gasteiger partial charge in [0.25, 0.3) is 5.91 Å². The van der Waals surface area contributed by atoms with E-state index in [4.69, 9.17) is 16.3 Å². The molecule has 1 amide bonds. The highest BCUT2D eigenvalue weighted by Gasteiger charge is 2.21. The van der Waals surface area contributed by atoms with Gasteiger partial charge in [-0.15, -0.1) is 0 Å². The zero-order valence-corrected chi connectivity index (χ0v) is 14.7. The number of benzene rings is 1. The van der Waals surface area contributed by atoms with Crippen LogP contribution in [0.1, 0.15) is 62.2 Å². The molecule has 0 saturated heterocycles. The summed E-state index contributed by atoms with van der Waals surface area (Å²) in [6, 6.07) is 5.97. The van der Waals surface area contributed by atoms with E-state index in [1.165, 1.54) is 26.4 Å². The number of halogens is 1. The smallest absolute Gasteiger partial charge is 0.328 e. The van der Waals surface area contributed by atoms with Crippen LogP contribution in [0.25, 0.3) is 0 Å². The molecule has 0 aliphatic rings. The highest BCUT2D eigenvalue weighted by Crippen LogP contribution is 2.12. The average Bonchev–Trinajstić information content (AvgIpc) is 2.56. The zero-order chi connectivity index (χ0) is 17.1. The molecule has 0 bridgehead atoms. The number of hydrogen-bond acceptors (Lipinski definition) is 3. The second-order valence-corrected chi connectivity index (χ2v) is 6.05. The number of ether oxygens (including phenoxy) is 1. The predicted octanol–water partition coefficient (Wildman–Crippen LogP) is 4.36. The highest BCUT2D eigenvalue weighted by molar-refractivity contribution is 6.30. The maximum Gasteiger partial charge on any atom is 0.328 e. The minimum absolute atomic E-state index is 0.289. The third-order valence-electron chi connectivity index (χ3n) is 3.74. The lowest BCUT2D eigenvalue weighted by atomic mass is 10.1. The summed E-state index contributed by atoms with van der Waals surface area (Å²) in [4.78, 5) is 24.0. The number of unbranched alkanes of at least 4 members (excludes halogenated alkanes) is 5. The summed E-state index contributed by atoms with van der Waals surface area (Å²) in [5, 5.41) is 3.32. The highest BCUT2D eigenvalue weighted by atomic mass is 35.5. The van der Waals surface area contributed by atoms with Crippen molar-refractivity contribution >= 4 is 23.5 Å². The molecular formula is C18H26ClNO3. The molecule has 0 saturated carbocycles. The molecule has 5 heteroatoms. The Kier molecular flexibility index (Phi) is 9.37. The molecule has 0 unspecified atom stereocenters. The molecule has 0 fully saturated rings. The van der Waals surface area contributed by atoms with Gasteiger partial charge in [-0.05, 0) is 30.7 Å². The van der Waals surface area contributed by atoms with Gasteiger partial charge in [0.2, 0.25) is 0 Å². The first-order valence-electron chi connectivity index (χ1n) is 8.22. The molecule has 1 aromatic carbocycles. The van der Waals surface area contributed by atoms with Crippen LogP contribution >= 0.6 is 11.6 Å². The van der Waals surface area contributed by atoms with Gasteiger partial charge in [-0.3, -0.25) is 4.79 Å². The van der Waals surface area contributed by atoms with Crippen molar-refractivity contribution in [3.8, 4) is 0 Å². The average molecular weight is 340 g/mol. The molecule has 0 aliphatic carbocycles. The van der Waals surface area contributed by atoms with Gasteiger partial charge >= 0.3 is 5.97 Å². The van der Waals surface area contributed by atoms with Crippen LogP contribution in [-0.4, -0.2) is 25.0 Å². The second kappa shape index (κ2) is 11.1. The lowest BCUT2D eigenvalue weighted by Gasteiger charge is -2.16. The van der Waals surface area contributed by atoms with Crippen molar-refractivity contribution in [1.82, 2.24) is 5.32 Å². The van der Waals surface area contributed by atoms with Crippen LogP contribution in [-0.2, 0) is 9.53 Å². The molecule has 23 heavy (non-hydrogen) atoms. The fraction of sp³-hybridized carbons (Fsp3) is 0.556. The standard InChI is InChI=1S/C18H26ClNO3/c1-3-4-5-6-7-8-9-16(18(22)23-2)20-17(21)14-10-12-15(19)13-11-14/h10-13,16H,3-9H2,1-2H3,(H,20,21)/t16-/m0/s1. The quantitative estimate of drug-likeness (QED) is 0.509. The predicted molar refractivity (Wildman–Crippen MR) is 92.7 cm³/mol. The summed E-state index contributed by atoms with van der Waals surface area (Å²) in [6.45, 7) is 2.18. The summed E-state index contributed by atoms with van der Waals surface area (Å²) >= 11 is 5.81. The van der Waals surface area contributed by atoms with Crippen molar-refractivity contribution in [3.05, 3.63) is 34.9 Å². The molecule has 0 aromatic heterocycles. The monoisotopic (exact) mass is 339 g/mol. The Balaban J connectivity index is 2.49. The van der Waals surface area contributed by atoms with Crippen LogP contribution in [0.15, 0.2) is 24.3 Å². The van der Waals surface area contributed by atoms with Gasteiger partial charge in [-0.1, -0.05) is 57.0 Å². The van der Waals surface area contributed by atoms with E-state index in [0.717, 1.165) is 19.3 Å². The van der Waals surface area contributed by atoms with Crippen molar-refractivity contribution in [2.45, 2.75) is 57.9 Å². The SMILES string of the molecule is CCCCCCCC[C@H](NC(=O)c1ccc(Cl)cc1)C(=O)OC. The number of carbonyl (C=O) groups is 2. The fourth-order valence-electron chi connectivity index (χ4n) is 2.36. The van der Waals surface area contributed by atoms with Crippen LogP contribution in [0, 0.1) is 0 Å². The Morgan fingerprint density at radius 3 is 2.30 bits per heavy atom. The summed E-state index contributed by atoms with van der Waals surface area (Å²) in [5.41, 5.74) is 0.478. The maximum atomic E-state index is 12.2. The van der Waals surface area contributed by atoms with Crippen LogP contribution < -0.4 is 5.32 Å². The first-order valence-corrected chi connectivity index (χ1v) is 8.60. The largest absolute Gasteiger partial charge is 0.467 e. The lowest BCUT2D eigenvalue weighted by Crippen LogP contribution is -2.41. The summed E-state index contributed by atoms with van der Waals surface area (Å²) in [5.74, 6) is -0.691. The summed E-state index contributed by atoms with van der Waals surface area (Å²) < 4.78 is 4.79. The normalized spacial score (nSPS) is 11.8. The first-order chi connectivity index (χ1) is 11.1. The molecule has 1 aromatic rings. The number of carbonyl (C=O) groups excluding carboxylic acids is 2. The molecule has 0 radical (unpaired) electrons. The number of nitrogens with one attached hydrogen (secondary N) is 1. The second-order valence-electron chi connectivity index (χ2n) is 5.61. The molecule has 0 heterocycles. The van der Waals surface area contributed by atoms with E-state index < -0.39 is 12.0 Å². The molecule has 0 spiro atoms. The lowest BCUT2D eigenvalue weighted by molar-refractivity contribution is -0.143. The van der Waals surface area contributed by atoms with Crippen LogP contribution in [0.4, 0.5) is 0 Å². The molecule has 0 aliphatic heterocycles. The Morgan fingerprint density at radius 2 is 1.70 bits per heavy atom. The molecule has 1 atom stereocenters. The van der Waals surface area contributed by atoms with Gasteiger partial charge in [0.1, 0.15) is 6.04 Å². The Morgan fingerprint density at radius 1 is 1.09 bits per heavy atom. The third-order valence-corrected chi connectivity index (χ3v) is 4.00. The Hall–Kier alpha value is -1.55. The van der Waals surface area contributed by atoms with Crippen molar-refractivity contribution in [2.24, 2.45) is 0 Å². The number of methoxy groups -OCH3 is 1. The van der Waals surface area contributed by atoms with Gasteiger partial charge in [-0.2, -0.15) is 0 Å². The molecular weight excluding hydrogens is 314 g/mol. The van der Waals surface area contributed by atoms with Crippen LogP contribution in [0.5, 0.6) is 0 Å². The van der Waals surface area contributed by atoms with Gasteiger partial charge in [-0.25, -0.2) is 4.79 Å². The van der Waals surface area contributed by atoms with E-state index in [1.807, 2.05) is 0 Å².